The van der Waals surface area contributed by atoms with Crippen LogP contribution >= 0.6 is 0 Å². The van der Waals surface area contributed by atoms with Crippen molar-refractivity contribution in [3.63, 3.8) is 0 Å². The summed E-state index contributed by atoms with van der Waals surface area (Å²) in [5.41, 5.74) is 0. The van der Waals surface area contributed by atoms with E-state index in [9.17, 15) is 0 Å². The summed E-state index contributed by atoms with van der Waals surface area (Å²) >= 11 is 0. The lowest BCUT2D eigenvalue weighted by Gasteiger charge is -2.22. The van der Waals surface area contributed by atoms with Crippen molar-refractivity contribution in [3.05, 3.63) is 12.4 Å². The molecular weight excluding hydrogens is 194 g/mol. The molecular formula is C10H15N3O2. The lowest BCUT2D eigenvalue weighted by Crippen LogP contribution is -2.26. The third kappa shape index (κ3) is 2.79. The van der Waals surface area contributed by atoms with Crippen molar-refractivity contribution >= 4 is 5.82 Å². The van der Waals surface area contributed by atoms with Gasteiger partial charge >= 0.3 is 0 Å². The molecule has 1 aliphatic rings. The number of nitrogens with one attached hydrogen (secondary N) is 1. The van der Waals surface area contributed by atoms with E-state index in [2.05, 4.69) is 15.3 Å². The molecule has 0 aliphatic carbocycles. The number of hydrogen-bond donors (Lipinski definition) is 1. The Labute approximate surface area is 88.8 Å². The number of anilines is 1. The van der Waals surface area contributed by atoms with Gasteiger partial charge < -0.3 is 14.8 Å². The van der Waals surface area contributed by atoms with E-state index >= 15 is 0 Å². The van der Waals surface area contributed by atoms with Crippen molar-refractivity contribution in [2.24, 2.45) is 0 Å². The lowest BCUT2D eigenvalue weighted by atomic mass is 10.2. The molecule has 0 radical (unpaired) electrons. The fraction of sp³-hybridized carbons (Fsp3) is 0.600. The third-order valence-corrected chi connectivity index (χ3v) is 2.32. The molecule has 0 aromatic carbocycles. The van der Waals surface area contributed by atoms with Crippen LogP contribution in [-0.2, 0) is 4.74 Å². The Hall–Kier alpha value is -1.36. The highest BCUT2D eigenvalue weighted by atomic mass is 16.5. The first-order chi connectivity index (χ1) is 7.38. The number of ether oxygens (including phenoxy) is 2. The molecule has 1 saturated heterocycles. The fourth-order valence-corrected chi connectivity index (χ4v) is 1.49. The van der Waals surface area contributed by atoms with Crippen LogP contribution in [0, 0.1) is 0 Å². The quantitative estimate of drug-likeness (QED) is 0.807. The maximum Gasteiger partial charge on any atom is 0.234 e. The SMILES string of the molecule is CNc1cncc(OC2CCOCC2)n1. The van der Waals surface area contributed by atoms with E-state index in [-0.39, 0.29) is 6.10 Å². The Morgan fingerprint density at radius 2 is 2.20 bits per heavy atom. The zero-order chi connectivity index (χ0) is 10.5. The highest BCUT2D eigenvalue weighted by Crippen LogP contribution is 2.16. The van der Waals surface area contributed by atoms with Crippen molar-refractivity contribution in [2.45, 2.75) is 18.9 Å². The molecule has 5 heteroatoms. The van der Waals surface area contributed by atoms with E-state index < -0.39 is 0 Å². The molecule has 0 saturated carbocycles. The van der Waals surface area contributed by atoms with E-state index in [4.69, 9.17) is 9.47 Å². The maximum atomic E-state index is 5.70. The maximum absolute atomic E-state index is 5.70. The van der Waals surface area contributed by atoms with Gasteiger partial charge in [-0.25, -0.2) is 0 Å². The molecule has 82 valence electrons. The van der Waals surface area contributed by atoms with Gasteiger partial charge in [-0.05, 0) is 0 Å². The Kier molecular flexibility index (Phi) is 3.34. The number of aromatic nitrogens is 2. The number of rotatable bonds is 3. The molecule has 1 fully saturated rings. The van der Waals surface area contributed by atoms with Crippen LogP contribution in [0.4, 0.5) is 5.82 Å². The first-order valence-electron chi connectivity index (χ1n) is 5.12. The van der Waals surface area contributed by atoms with Gasteiger partial charge in [-0.15, -0.1) is 0 Å². The van der Waals surface area contributed by atoms with Gasteiger partial charge in [-0.2, -0.15) is 4.98 Å². The van der Waals surface area contributed by atoms with Crippen LogP contribution in [0.15, 0.2) is 12.4 Å². The number of nitrogens with zero attached hydrogens (tertiary/aromatic N) is 2. The molecule has 0 unspecified atom stereocenters. The summed E-state index contributed by atoms with van der Waals surface area (Å²) in [5, 5.41) is 2.93. The summed E-state index contributed by atoms with van der Waals surface area (Å²) in [5.74, 6) is 1.30. The van der Waals surface area contributed by atoms with Crippen molar-refractivity contribution in [1.29, 1.82) is 0 Å². The highest BCUT2D eigenvalue weighted by molar-refractivity contribution is 5.31. The van der Waals surface area contributed by atoms with Crippen molar-refractivity contribution in [2.75, 3.05) is 25.6 Å². The topological polar surface area (TPSA) is 56.3 Å². The zero-order valence-corrected chi connectivity index (χ0v) is 8.77. The molecule has 5 nitrogen and oxygen atoms in total. The van der Waals surface area contributed by atoms with Crippen LogP contribution in [0.3, 0.4) is 0 Å². The minimum Gasteiger partial charge on any atom is -0.473 e. The zero-order valence-electron chi connectivity index (χ0n) is 8.77. The Morgan fingerprint density at radius 1 is 1.40 bits per heavy atom. The molecule has 0 spiro atoms. The Balaban J connectivity index is 1.96. The largest absolute Gasteiger partial charge is 0.473 e. The smallest absolute Gasteiger partial charge is 0.234 e. The predicted molar refractivity (Wildman–Crippen MR) is 56.0 cm³/mol. The average molecular weight is 209 g/mol. The van der Waals surface area contributed by atoms with E-state index in [1.54, 1.807) is 12.4 Å². The minimum absolute atomic E-state index is 0.208. The van der Waals surface area contributed by atoms with E-state index in [1.807, 2.05) is 7.05 Å². The van der Waals surface area contributed by atoms with Crippen LogP contribution in [0.25, 0.3) is 0 Å². The van der Waals surface area contributed by atoms with Gasteiger partial charge in [-0.3, -0.25) is 4.98 Å². The summed E-state index contributed by atoms with van der Waals surface area (Å²) in [4.78, 5) is 8.29. The average Bonchev–Trinajstić information content (AvgIpc) is 2.31. The van der Waals surface area contributed by atoms with E-state index in [0.717, 1.165) is 31.9 Å². The van der Waals surface area contributed by atoms with Gasteiger partial charge in [-0.1, -0.05) is 0 Å². The first-order valence-corrected chi connectivity index (χ1v) is 5.12. The van der Waals surface area contributed by atoms with Gasteiger partial charge in [0.2, 0.25) is 5.88 Å². The van der Waals surface area contributed by atoms with Crippen molar-refractivity contribution in [3.8, 4) is 5.88 Å². The van der Waals surface area contributed by atoms with Crippen LogP contribution < -0.4 is 10.1 Å². The van der Waals surface area contributed by atoms with Gasteiger partial charge in [0.05, 0.1) is 25.6 Å². The van der Waals surface area contributed by atoms with Gasteiger partial charge in [0.15, 0.2) is 0 Å². The van der Waals surface area contributed by atoms with E-state index in [0.29, 0.717) is 5.88 Å². The molecule has 1 aromatic rings. The van der Waals surface area contributed by atoms with Crippen LogP contribution in [-0.4, -0.2) is 36.3 Å². The fourth-order valence-electron chi connectivity index (χ4n) is 1.49. The molecule has 2 rings (SSSR count). The lowest BCUT2D eigenvalue weighted by molar-refractivity contribution is 0.0236. The summed E-state index contributed by atoms with van der Waals surface area (Å²) in [6.07, 6.45) is 5.35. The first kappa shape index (κ1) is 10.2. The van der Waals surface area contributed by atoms with Crippen LogP contribution in [0.5, 0.6) is 5.88 Å². The highest BCUT2D eigenvalue weighted by Gasteiger charge is 2.15. The molecule has 0 amide bonds. The normalized spacial score (nSPS) is 17.4. The summed E-state index contributed by atoms with van der Waals surface area (Å²) in [6.45, 7) is 1.54. The monoisotopic (exact) mass is 209 g/mol. The molecule has 2 heterocycles. The predicted octanol–water partition coefficient (Wildman–Crippen LogP) is 1.08. The molecule has 0 bridgehead atoms. The standard InChI is InChI=1S/C10H15N3O2/c1-11-9-6-12-7-10(13-9)15-8-2-4-14-5-3-8/h6-8H,2-5H2,1H3,(H,11,13). The summed E-state index contributed by atoms with van der Waals surface area (Å²) in [7, 11) is 1.81. The molecule has 15 heavy (non-hydrogen) atoms. The minimum atomic E-state index is 0.208. The summed E-state index contributed by atoms with van der Waals surface area (Å²) in [6, 6.07) is 0. The van der Waals surface area contributed by atoms with Crippen LogP contribution in [0.1, 0.15) is 12.8 Å². The molecule has 1 N–H and O–H groups in total. The molecule has 0 atom stereocenters. The second-order valence-electron chi connectivity index (χ2n) is 3.42. The van der Waals surface area contributed by atoms with Crippen molar-refractivity contribution in [1.82, 2.24) is 9.97 Å². The van der Waals surface area contributed by atoms with E-state index in [1.165, 1.54) is 0 Å². The molecule has 1 aliphatic heterocycles. The van der Waals surface area contributed by atoms with Gasteiger partial charge in [0.1, 0.15) is 11.9 Å². The van der Waals surface area contributed by atoms with Crippen molar-refractivity contribution < 1.29 is 9.47 Å². The number of hydrogen-bond acceptors (Lipinski definition) is 5. The second-order valence-corrected chi connectivity index (χ2v) is 3.42. The Morgan fingerprint density at radius 3 is 2.93 bits per heavy atom. The summed E-state index contributed by atoms with van der Waals surface area (Å²) < 4.78 is 11.0. The molecule has 1 aromatic heterocycles. The third-order valence-electron chi connectivity index (χ3n) is 2.32. The van der Waals surface area contributed by atoms with Crippen LogP contribution in [0.2, 0.25) is 0 Å². The van der Waals surface area contributed by atoms with Gasteiger partial charge in [0, 0.05) is 19.9 Å². The second kappa shape index (κ2) is 4.93. The Bertz CT molecular complexity index is 313. The van der Waals surface area contributed by atoms with Gasteiger partial charge in [0.25, 0.3) is 0 Å².